The van der Waals surface area contributed by atoms with Crippen LogP contribution in [0.5, 0.6) is 0 Å². The fourth-order valence-corrected chi connectivity index (χ4v) is 3.37. The van der Waals surface area contributed by atoms with Gasteiger partial charge in [0.05, 0.1) is 19.3 Å². The third kappa shape index (κ3) is 6.50. The lowest BCUT2D eigenvalue weighted by Gasteiger charge is -2.08. The number of esters is 1. The first kappa shape index (κ1) is 23.2. The second-order valence-electron chi connectivity index (χ2n) is 7.75. The second-order valence-corrected chi connectivity index (χ2v) is 7.75. The number of anilines is 1. The van der Waals surface area contributed by atoms with E-state index in [9.17, 15) is 9.59 Å². The number of carbonyl (C=O) groups is 1. The van der Waals surface area contributed by atoms with Crippen LogP contribution in [-0.4, -0.2) is 37.1 Å². The molecular weight excluding hydrogens is 408 g/mol. The summed E-state index contributed by atoms with van der Waals surface area (Å²) in [5, 5.41) is 8.48. The SMILES string of the molecule is CCOC(=O)CCCCCCn1cc(-c2ccc(Cn3cc(C)c(N)nc3=O)cc2)nn1. The van der Waals surface area contributed by atoms with Crippen LogP contribution in [0, 0.1) is 6.92 Å². The Morgan fingerprint density at radius 1 is 1.09 bits per heavy atom. The van der Waals surface area contributed by atoms with Gasteiger partial charge in [0, 0.05) is 30.3 Å². The molecule has 0 saturated carbocycles. The van der Waals surface area contributed by atoms with Gasteiger partial charge in [0.1, 0.15) is 11.5 Å². The van der Waals surface area contributed by atoms with Crippen LogP contribution in [0.25, 0.3) is 11.3 Å². The maximum atomic E-state index is 12.0. The maximum Gasteiger partial charge on any atom is 0.349 e. The van der Waals surface area contributed by atoms with Crippen molar-refractivity contribution in [3.05, 3.63) is 58.3 Å². The van der Waals surface area contributed by atoms with Crippen LogP contribution in [0.15, 0.2) is 41.5 Å². The van der Waals surface area contributed by atoms with E-state index >= 15 is 0 Å². The molecule has 0 bridgehead atoms. The molecule has 0 amide bonds. The highest BCUT2D eigenvalue weighted by Crippen LogP contribution is 2.18. The van der Waals surface area contributed by atoms with Gasteiger partial charge in [0.25, 0.3) is 0 Å². The quantitative estimate of drug-likeness (QED) is 0.361. The molecule has 3 rings (SSSR count). The van der Waals surface area contributed by atoms with Gasteiger partial charge in [-0.3, -0.25) is 14.0 Å². The number of aryl methyl sites for hydroxylation is 2. The van der Waals surface area contributed by atoms with Crippen LogP contribution in [0.4, 0.5) is 5.82 Å². The topological polar surface area (TPSA) is 118 Å². The summed E-state index contributed by atoms with van der Waals surface area (Å²) in [6, 6.07) is 7.88. The largest absolute Gasteiger partial charge is 0.466 e. The predicted molar refractivity (Wildman–Crippen MR) is 122 cm³/mol. The molecule has 32 heavy (non-hydrogen) atoms. The average Bonchev–Trinajstić information content (AvgIpc) is 3.24. The standard InChI is InChI=1S/C23H30N6O3/c1-3-32-21(30)8-6-4-5-7-13-29-16-20(26-27-29)19-11-9-18(10-12-19)15-28-14-17(2)22(24)25-23(28)31/h9-12,14,16H,3-8,13,15H2,1-2H3,(H2,24,25,31). The van der Waals surface area contributed by atoms with Crippen molar-refractivity contribution in [2.75, 3.05) is 12.3 Å². The number of unbranched alkanes of at least 4 members (excludes halogenated alkanes) is 3. The molecular formula is C23H30N6O3. The Balaban J connectivity index is 1.48. The van der Waals surface area contributed by atoms with E-state index in [1.165, 1.54) is 0 Å². The summed E-state index contributed by atoms with van der Waals surface area (Å²) in [6.07, 6.45) is 8.00. The summed E-state index contributed by atoms with van der Waals surface area (Å²) in [7, 11) is 0. The fraction of sp³-hybridized carbons (Fsp3) is 0.435. The Hall–Kier alpha value is -3.49. The molecule has 0 radical (unpaired) electrons. The molecule has 0 atom stereocenters. The molecule has 3 aromatic rings. The summed E-state index contributed by atoms with van der Waals surface area (Å²) >= 11 is 0. The van der Waals surface area contributed by atoms with Crippen LogP contribution >= 0.6 is 0 Å². The third-order valence-electron chi connectivity index (χ3n) is 5.18. The number of hydrogen-bond acceptors (Lipinski definition) is 7. The molecule has 2 heterocycles. The lowest BCUT2D eigenvalue weighted by molar-refractivity contribution is -0.143. The van der Waals surface area contributed by atoms with E-state index in [1.807, 2.05) is 49.0 Å². The predicted octanol–water partition coefficient (Wildman–Crippen LogP) is 2.95. The lowest BCUT2D eigenvalue weighted by atomic mass is 10.1. The molecule has 9 heteroatoms. The number of benzene rings is 1. The number of rotatable bonds is 11. The van der Waals surface area contributed by atoms with Gasteiger partial charge in [-0.25, -0.2) is 4.79 Å². The Kier molecular flexibility index (Phi) is 8.13. The van der Waals surface area contributed by atoms with Gasteiger partial charge in [0.15, 0.2) is 0 Å². The van der Waals surface area contributed by atoms with Gasteiger partial charge in [-0.1, -0.05) is 42.3 Å². The van der Waals surface area contributed by atoms with Gasteiger partial charge >= 0.3 is 11.7 Å². The molecule has 0 fully saturated rings. The van der Waals surface area contributed by atoms with Gasteiger partial charge in [-0.05, 0) is 32.3 Å². The maximum absolute atomic E-state index is 12.0. The minimum atomic E-state index is -0.360. The van der Waals surface area contributed by atoms with E-state index in [4.69, 9.17) is 10.5 Å². The summed E-state index contributed by atoms with van der Waals surface area (Å²) in [5.74, 6) is 0.146. The van der Waals surface area contributed by atoms with Crippen LogP contribution in [0.3, 0.4) is 0 Å². The zero-order chi connectivity index (χ0) is 22.9. The smallest absolute Gasteiger partial charge is 0.349 e. The van der Waals surface area contributed by atoms with Crippen molar-refractivity contribution in [1.82, 2.24) is 24.5 Å². The van der Waals surface area contributed by atoms with Gasteiger partial charge in [-0.2, -0.15) is 4.98 Å². The molecule has 0 saturated heterocycles. The summed E-state index contributed by atoms with van der Waals surface area (Å²) in [6.45, 7) is 5.30. The molecule has 9 nitrogen and oxygen atoms in total. The number of hydrogen-bond donors (Lipinski definition) is 1. The molecule has 2 N–H and O–H groups in total. The van der Waals surface area contributed by atoms with E-state index in [0.29, 0.717) is 19.6 Å². The Labute approximate surface area is 187 Å². The Morgan fingerprint density at radius 2 is 1.84 bits per heavy atom. The number of nitrogens with two attached hydrogens (primary N) is 1. The Bertz CT molecular complexity index is 1090. The summed E-state index contributed by atoms with van der Waals surface area (Å²) in [4.78, 5) is 27.2. The number of carbonyl (C=O) groups excluding carboxylic acids is 1. The first-order valence-corrected chi connectivity index (χ1v) is 10.9. The van der Waals surface area contributed by atoms with E-state index in [-0.39, 0.29) is 17.5 Å². The molecule has 1 aromatic carbocycles. The average molecular weight is 439 g/mol. The van der Waals surface area contributed by atoms with Gasteiger partial charge in [-0.15, -0.1) is 5.10 Å². The fourth-order valence-electron chi connectivity index (χ4n) is 3.37. The van der Waals surface area contributed by atoms with Crippen molar-refractivity contribution in [3.63, 3.8) is 0 Å². The first-order chi connectivity index (χ1) is 15.5. The number of aromatic nitrogens is 5. The van der Waals surface area contributed by atoms with E-state index in [0.717, 1.165) is 54.6 Å². The zero-order valence-electron chi connectivity index (χ0n) is 18.7. The lowest BCUT2D eigenvalue weighted by Crippen LogP contribution is -2.24. The molecule has 0 unspecified atom stereocenters. The third-order valence-corrected chi connectivity index (χ3v) is 5.18. The molecule has 170 valence electrons. The number of ether oxygens (including phenoxy) is 1. The molecule has 0 aliphatic heterocycles. The van der Waals surface area contributed by atoms with Gasteiger partial charge < -0.3 is 10.5 Å². The van der Waals surface area contributed by atoms with Crippen molar-refractivity contribution in [3.8, 4) is 11.3 Å². The van der Waals surface area contributed by atoms with E-state index in [1.54, 1.807) is 10.8 Å². The zero-order valence-corrected chi connectivity index (χ0v) is 18.7. The minimum absolute atomic E-state index is 0.119. The van der Waals surface area contributed by atoms with E-state index < -0.39 is 0 Å². The monoisotopic (exact) mass is 438 g/mol. The highest BCUT2D eigenvalue weighted by Gasteiger charge is 2.07. The molecule has 0 aliphatic rings. The highest BCUT2D eigenvalue weighted by molar-refractivity contribution is 5.69. The highest BCUT2D eigenvalue weighted by atomic mass is 16.5. The Morgan fingerprint density at radius 3 is 2.59 bits per heavy atom. The van der Waals surface area contributed by atoms with Crippen molar-refractivity contribution in [2.24, 2.45) is 0 Å². The van der Waals surface area contributed by atoms with Crippen molar-refractivity contribution < 1.29 is 9.53 Å². The van der Waals surface area contributed by atoms with Crippen LogP contribution < -0.4 is 11.4 Å². The van der Waals surface area contributed by atoms with Gasteiger partial charge in [0.2, 0.25) is 0 Å². The molecule has 2 aromatic heterocycles. The number of nitrogen functional groups attached to an aromatic ring is 1. The minimum Gasteiger partial charge on any atom is -0.466 e. The van der Waals surface area contributed by atoms with E-state index in [2.05, 4.69) is 15.3 Å². The number of nitrogens with zero attached hydrogens (tertiary/aromatic N) is 5. The summed E-state index contributed by atoms with van der Waals surface area (Å²) in [5.41, 5.74) is 8.86. The van der Waals surface area contributed by atoms with Crippen LogP contribution in [-0.2, 0) is 22.6 Å². The van der Waals surface area contributed by atoms with Crippen molar-refractivity contribution in [1.29, 1.82) is 0 Å². The van der Waals surface area contributed by atoms with Crippen molar-refractivity contribution >= 4 is 11.8 Å². The van der Waals surface area contributed by atoms with Crippen LogP contribution in [0.2, 0.25) is 0 Å². The first-order valence-electron chi connectivity index (χ1n) is 10.9. The summed E-state index contributed by atoms with van der Waals surface area (Å²) < 4.78 is 8.32. The van der Waals surface area contributed by atoms with Crippen LogP contribution in [0.1, 0.15) is 50.2 Å². The molecule has 0 spiro atoms. The molecule has 0 aliphatic carbocycles. The van der Waals surface area contributed by atoms with Crippen molar-refractivity contribution in [2.45, 2.75) is 59.0 Å². The normalized spacial score (nSPS) is 10.9. The second kappa shape index (κ2) is 11.2.